The second kappa shape index (κ2) is 5.44. The Morgan fingerprint density at radius 2 is 1.95 bits per heavy atom. The summed E-state index contributed by atoms with van der Waals surface area (Å²) in [5.41, 5.74) is 0.569. The first-order valence-electron chi connectivity index (χ1n) is 5.78. The topological polar surface area (TPSA) is 56.3 Å². The Balaban J connectivity index is 2.61. The van der Waals surface area contributed by atoms with Crippen molar-refractivity contribution < 1.29 is 14.3 Å². The van der Waals surface area contributed by atoms with Gasteiger partial charge in [-0.2, -0.15) is 0 Å². The second-order valence-corrected chi connectivity index (χ2v) is 4.02. The number of rotatable bonds is 3. The zero-order chi connectivity index (χ0) is 13.8. The molecule has 1 aromatic heterocycles. The number of benzene rings is 1. The molecule has 2 rings (SSSR count). The summed E-state index contributed by atoms with van der Waals surface area (Å²) in [5.74, 6) is -0.996. The molecular weight excluding hydrogens is 242 g/mol. The number of ketones is 1. The van der Waals surface area contributed by atoms with Crippen molar-refractivity contribution in [3.05, 3.63) is 47.8 Å². The summed E-state index contributed by atoms with van der Waals surface area (Å²) in [7, 11) is 1.25. The van der Waals surface area contributed by atoms with Crippen molar-refractivity contribution in [2.24, 2.45) is 0 Å². The molecule has 4 heteroatoms. The summed E-state index contributed by atoms with van der Waals surface area (Å²) in [6.07, 6.45) is 3.11. The number of carbonyl (C=O) groups excluding carboxylic acids is 2. The van der Waals surface area contributed by atoms with Gasteiger partial charge in [-0.15, -0.1) is 0 Å². The maximum absolute atomic E-state index is 11.6. The molecule has 0 aliphatic heterocycles. The number of nitrogens with zero attached hydrogens (tertiary/aromatic N) is 1. The van der Waals surface area contributed by atoms with E-state index in [1.165, 1.54) is 20.1 Å². The molecule has 19 heavy (non-hydrogen) atoms. The standard InChI is InChI=1S/C15H13NO3/c1-10(17)13(15(18)19-2)9-14-12-6-4-3-5-11(12)7-8-16-14/h3-9H,1-2H3. The Morgan fingerprint density at radius 3 is 2.63 bits per heavy atom. The molecule has 0 saturated heterocycles. The van der Waals surface area contributed by atoms with Crippen LogP contribution < -0.4 is 0 Å². The lowest BCUT2D eigenvalue weighted by atomic mass is 10.1. The van der Waals surface area contributed by atoms with E-state index in [0.29, 0.717) is 5.69 Å². The molecule has 0 radical (unpaired) electrons. The summed E-state index contributed by atoms with van der Waals surface area (Å²) in [6.45, 7) is 1.33. The van der Waals surface area contributed by atoms with Gasteiger partial charge in [0.05, 0.1) is 12.8 Å². The smallest absolute Gasteiger partial charge is 0.341 e. The molecule has 1 heterocycles. The van der Waals surface area contributed by atoms with Gasteiger partial charge in [-0.3, -0.25) is 9.78 Å². The first kappa shape index (κ1) is 13.0. The Labute approximate surface area is 110 Å². The number of Topliss-reactive ketones (excluding diaryl/α,β-unsaturated/α-hetero) is 1. The highest BCUT2D eigenvalue weighted by Crippen LogP contribution is 2.19. The minimum atomic E-state index is -0.651. The molecular formula is C15H13NO3. The first-order chi connectivity index (χ1) is 9.13. The first-order valence-corrected chi connectivity index (χ1v) is 5.78. The van der Waals surface area contributed by atoms with E-state index >= 15 is 0 Å². The van der Waals surface area contributed by atoms with Gasteiger partial charge < -0.3 is 4.74 Å². The van der Waals surface area contributed by atoms with E-state index in [4.69, 9.17) is 0 Å². The second-order valence-electron chi connectivity index (χ2n) is 4.02. The van der Waals surface area contributed by atoms with E-state index in [1.54, 1.807) is 6.20 Å². The van der Waals surface area contributed by atoms with Gasteiger partial charge in [0.25, 0.3) is 0 Å². The molecule has 1 aromatic carbocycles. The largest absolute Gasteiger partial charge is 0.465 e. The maximum Gasteiger partial charge on any atom is 0.341 e. The van der Waals surface area contributed by atoms with Gasteiger partial charge in [0.2, 0.25) is 0 Å². The molecule has 0 bridgehead atoms. The van der Waals surface area contributed by atoms with Crippen molar-refractivity contribution in [2.45, 2.75) is 6.92 Å². The molecule has 4 nitrogen and oxygen atoms in total. The van der Waals surface area contributed by atoms with Gasteiger partial charge >= 0.3 is 5.97 Å². The lowest BCUT2D eigenvalue weighted by molar-refractivity contribution is -0.137. The van der Waals surface area contributed by atoms with Crippen LogP contribution in [0.3, 0.4) is 0 Å². The van der Waals surface area contributed by atoms with Crippen LogP contribution >= 0.6 is 0 Å². The number of methoxy groups -OCH3 is 1. The van der Waals surface area contributed by atoms with Crippen LogP contribution in [0.5, 0.6) is 0 Å². The zero-order valence-corrected chi connectivity index (χ0v) is 10.7. The fraction of sp³-hybridized carbons (Fsp3) is 0.133. The maximum atomic E-state index is 11.6. The predicted octanol–water partition coefficient (Wildman–Crippen LogP) is 2.38. The van der Waals surface area contributed by atoms with Crippen LogP contribution in [0, 0.1) is 0 Å². The van der Waals surface area contributed by atoms with E-state index < -0.39 is 5.97 Å². The average Bonchev–Trinajstić information content (AvgIpc) is 2.43. The number of aromatic nitrogens is 1. The summed E-state index contributed by atoms with van der Waals surface area (Å²) in [6, 6.07) is 9.51. The van der Waals surface area contributed by atoms with E-state index in [-0.39, 0.29) is 11.4 Å². The Hall–Kier alpha value is -2.49. The lowest BCUT2D eigenvalue weighted by Gasteiger charge is -2.04. The molecule has 0 N–H and O–H groups in total. The molecule has 0 aliphatic carbocycles. The third-order valence-corrected chi connectivity index (χ3v) is 2.77. The number of fused-ring (bicyclic) bond motifs is 1. The van der Waals surface area contributed by atoms with Gasteiger partial charge in [0.15, 0.2) is 5.78 Å². The van der Waals surface area contributed by atoms with Crippen molar-refractivity contribution >= 4 is 28.6 Å². The Bertz CT molecular complexity index is 669. The van der Waals surface area contributed by atoms with Crippen LogP contribution in [0.4, 0.5) is 0 Å². The number of esters is 1. The highest BCUT2D eigenvalue weighted by atomic mass is 16.5. The summed E-state index contributed by atoms with van der Waals surface area (Å²) in [4.78, 5) is 27.3. The highest BCUT2D eigenvalue weighted by molar-refractivity contribution is 6.20. The van der Waals surface area contributed by atoms with Crippen LogP contribution in [-0.2, 0) is 14.3 Å². The number of carbonyl (C=O) groups is 2. The van der Waals surface area contributed by atoms with E-state index in [2.05, 4.69) is 9.72 Å². The highest BCUT2D eigenvalue weighted by Gasteiger charge is 2.15. The minimum absolute atomic E-state index is 0.00801. The fourth-order valence-corrected chi connectivity index (χ4v) is 1.81. The summed E-state index contributed by atoms with van der Waals surface area (Å²) >= 11 is 0. The molecule has 0 atom stereocenters. The molecule has 96 valence electrons. The van der Waals surface area contributed by atoms with E-state index in [9.17, 15) is 9.59 Å². The summed E-state index contributed by atoms with van der Waals surface area (Å²) < 4.78 is 4.60. The van der Waals surface area contributed by atoms with Gasteiger partial charge in [0, 0.05) is 11.6 Å². The number of ether oxygens (including phenoxy) is 1. The van der Waals surface area contributed by atoms with Gasteiger partial charge in [-0.1, -0.05) is 24.3 Å². The molecule has 0 amide bonds. The normalized spacial score (nSPS) is 11.4. The van der Waals surface area contributed by atoms with Crippen molar-refractivity contribution in [2.75, 3.05) is 7.11 Å². The lowest BCUT2D eigenvalue weighted by Crippen LogP contribution is -2.11. The van der Waals surface area contributed by atoms with Crippen molar-refractivity contribution in [1.82, 2.24) is 4.98 Å². The third-order valence-electron chi connectivity index (χ3n) is 2.77. The monoisotopic (exact) mass is 255 g/mol. The molecule has 0 unspecified atom stereocenters. The fourth-order valence-electron chi connectivity index (χ4n) is 1.81. The number of hydrogen-bond donors (Lipinski definition) is 0. The van der Waals surface area contributed by atoms with Crippen LogP contribution in [-0.4, -0.2) is 23.8 Å². The molecule has 0 fully saturated rings. The zero-order valence-electron chi connectivity index (χ0n) is 10.7. The molecule has 0 spiro atoms. The van der Waals surface area contributed by atoms with Gasteiger partial charge in [-0.25, -0.2) is 4.79 Å². The average molecular weight is 255 g/mol. The van der Waals surface area contributed by atoms with Gasteiger partial charge in [-0.05, 0) is 24.5 Å². The molecule has 0 saturated carbocycles. The third kappa shape index (κ3) is 2.68. The Morgan fingerprint density at radius 1 is 1.21 bits per heavy atom. The number of pyridine rings is 1. The quantitative estimate of drug-likeness (QED) is 0.366. The van der Waals surface area contributed by atoms with Crippen LogP contribution in [0.2, 0.25) is 0 Å². The van der Waals surface area contributed by atoms with Crippen LogP contribution in [0.1, 0.15) is 12.6 Å². The summed E-state index contributed by atoms with van der Waals surface area (Å²) in [5, 5.41) is 1.88. The van der Waals surface area contributed by atoms with Gasteiger partial charge in [0.1, 0.15) is 5.57 Å². The molecule has 2 aromatic rings. The number of hydrogen-bond acceptors (Lipinski definition) is 4. The van der Waals surface area contributed by atoms with Crippen molar-refractivity contribution in [1.29, 1.82) is 0 Å². The van der Waals surface area contributed by atoms with Crippen molar-refractivity contribution in [3.63, 3.8) is 0 Å². The minimum Gasteiger partial charge on any atom is -0.465 e. The Kier molecular flexibility index (Phi) is 3.71. The van der Waals surface area contributed by atoms with Crippen LogP contribution in [0.15, 0.2) is 42.1 Å². The SMILES string of the molecule is COC(=O)C(=Cc1nccc2ccccc12)C(C)=O. The van der Waals surface area contributed by atoms with Crippen LogP contribution in [0.25, 0.3) is 16.8 Å². The van der Waals surface area contributed by atoms with Crippen molar-refractivity contribution in [3.8, 4) is 0 Å². The van der Waals surface area contributed by atoms with E-state index in [0.717, 1.165) is 10.8 Å². The molecule has 0 aliphatic rings. The predicted molar refractivity (Wildman–Crippen MR) is 72.4 cm³/mol. The van der Waals surface area contributed by atoms with E-state index in [1.807, 2.05) is 30.3 Å².